The zero-order valence-electron chi connectivity index (χ0n) is 16.0. The van der Waals surface area contributed by atoms with E-state index >= 15 is 0 Å². The van der Waals surface area contributed by atoms with E-state index in [2.05, 4.69) is 22.8 Å². The van der Waals surface area contributed by atoms with Crippen molar-refractivity contribution in [2.24, 2.45) is 0 Å². The maximum absolute atomic E-state index is 9.96. The third-order valence-corrected chi connectivity index (χ3v) is 6.02. The lowest BCUT2D eigenvalue weighted by Crippen LogP contribution is -2.34. The van der Waals surface area contributed by atoms with E-state index in [1.807, 2.05) is 54.6 Å². The van der Waals surface area contributed by atoms with Gasteiger partial charge in [0.25, 0.3) is 0 Å². The molecule has 4 nitrogen and oxygen atoms in total. The normalized spacial score (nSPS) is 13.9. The Labute approximate surface area is 173 Å². The summed E-state index contributed by atoms with van der Waals surface area (Å²) in [6.45, 7) is 0. The molecule has 0 atom stereocenters. The lowest BCUT2D eigenvalue weighted by atomic mass is 9.77. The van der Waals surface area contributed by atoms with Crippen molar-refractivity contribution < 1.29 is 10.2 Å². The molecule has 6 rings (SSSR count). The van der Waals surface area contributed by atoms with Gasteiger partial charge < -0.3 is 14.8 Å². The molecule has 0 unspecified atom stereocenters. The molecule has 2 N–H and O–H groups in total. The van der Waals surface area contributed by atoms with Gasteiger partial charge in [0.2, 0.25) is 0 Å². The summed E-state index contributed by atoms with van der Waals surface area (Å²) >= 11 is 0. The molecule has 0 saturated heterocycles. The monoisotopic (exact) mass is 390 g/mol. The van der Waals surface area contributed by atoms with Crippen LogP contribution in [0.5, 0.6) is 11.5 Å². The predicted molar refractivity (Wildman–Crippen MR) is 117 cm³/mol. The van der Waals surface area contributed by atoms with Crippen LogP contribution in [0.15, 0.2) is 97.1 Å². The molecular formula is C26H18N2O2. The molecule has 0 spiro atoms. The molecule has 2 heterocycles. The summed E-state index contributed by atoms with van der Waals surface area (Å²) in [5, 5.41) is 19.9. The molecule has 0 bridgehead atoms. The van der Waals surface area contributed by atoms with E-state index in [1.165, 1.54) is 0 Å². The number of phenols is 2. The van der Waals surface area contributed by atoms with Crippen molar-refractivity contribution in [3.63, 3.8) is 0 Å². The Hall–Kier alpha value is -4.05. The van der Waals surface area contributed by atoms with Crippen molar-refractivity contribution in [3.05, 3.63) is 114 Å². The highest BCUT2D eigenvalue weighted by atomic mass is 16.3. The molecule has 0 fully saturated rings. The highest BCUT2D eigenvalue weighted by Gasteiger charge is 2.47. The minimum absolute atomic E-state index is 0.224. The molecule has 1 aliphatic rings. The maximum Gasteiger partial charge on any atom is 0.142 e. The Morgan fingerprint density at radius 3 is 1.87 bits per heavy atom. The Morgan fingerprint density at radius 2 is 1.20 bits per heavy atom. The summed E-state index contributed by atoms with van der Waals surface area (Å²) < 4.78 is 2.28. The van der Waals surface area contributed by atoms with Crippen molar-refractivity contribution in [2.75, 3.05) is 0 Å². The summed E-state index contributed by atoms with van der Waals surface area (Å²) in [5.74, 6) is 1.36. The van der Waals surface area contributed by atoms with E-state index in [1.54, 1.807) is 24.3 Å². The van der Waals surface area contributed by atoms with Crippen molar-refractivity contribution in [1.29, 1.82) is 0 Å². The average molecular weight is 390 g/mol. The minimum Gasteiger partial charge on any atom is -0.508 e. The zero-order valence-corrected chi connectivity index (χ0v) is 16.0. The van der Waals surface area contributed by atoms with Gasteiger partial charge in [0.1, 0.15) is 22.9 Å². The molecule has 1 aliphatic heterocycles. The van der Waals surface area contributed by atoms with Crippen LogP contribution in [0.2, 0.25) is 0 Å². The van der Waals surface area contributed by atoms with E-state index in [9.17, 15) is 10.2 Å². The topological polar surface area (TPSA) is 58.3 Å². The second kappa shape index (κ2) is 5.97. The standard InChI is InChI=1S/C26H18N2O2/c29-19-13-9-17(10-14-19)26(18-11-15-20(30)16-12-18)22-6-2-1-5-21(22)25-27-23-7-3-4-8-24(23)28(25)26/h1-16,29-30H. The van der Waals surface area contributed by atoms with Gasteiger partial charge in [-0.2, -0.15) is 0 Å². The fourth-order valence-corrected chi connectivity index (χ4v) is 4.80. The van der Waals surface area contributed by atoms with Gasteiger partial charge in [0, 0.05) is 5.56 Å². The number of imidazole rings is 1. The lowest BCUT2D eigenvalue weighted by Gasteiger charge is -2.35. The van der Waals surface area contributed by atoms with E-state index in [-0.39, 0.29) is 11.5 Å². The van der Waals surface area contributed by atoms with Crippen molar-refractivity contribution in [3.8, 4) is 22.9 Å². The van der Waals surface area contributed by atoms with Crippen molar-refractivity contribution in [1.82, 2.24) is 9.55 Å². The Balaban J connectivity index is 1.83. The van der Waals surface area contributed by atoms with Crippen LogP contribution < -0.4 is 0 Å². The lowest BCUT2D eigenvalue weighted by molar-refractivity contribution is 0.472. The van der Waals surface area contributed by atoms with Gasteiger partial charge in [-0.15, -0.1) is 0 Å². The SMILES string of the molecule is Oc1ccc(C2(c3ccc(O)cc3)c3ccccc3-c3nc4ccccc4n32)cc1. The summed E-state index contributed by atoms with van der Waals surface area (Å²) in [6.07, 6.45) is 0. The number of nitrogens with zero attached hydrogens (tertiary/aromatic N) is 2. The smallest absolute Gasteiger partial charge is 0.142 e. The van der Waals surface area contributed by atoms with Gasteiger partial charge in [-0.25, -0.2) is 4.98 Å². The van der Waals surface area contributed by atoms with E-state index in [0.29, 0.717) is 0 Å². The van der Waals surface area contributed by atoms with Gasteiger partial charge in [-0.3, -0.25) is 0 Å². The van der Waals surface area contributed by atoms with Gasteiger partial charge in [0.15, 0.2) is 0 Å². The predicted octanol–water partition coefficient (Wildman–Crippen LogP) is 5.27. The number of hydrogen-bond donors (Lipinski definition) is 2. The molecule has 30 heavy (non-hydrogen) atoms. The van der Waals surface area contributed by atoms with E-state index in [4.69, 9.17) is 4.98 Å². The molecule has 4 aromatic carbocycles. The first-order valence-electron chi connectivity index (χ1n) is 9.86. The van der Waals surface area contributed by atoms with Crippen LogP contribution >= 0.6 is 0 Å². The summed E-state index contributed by atoms with van der Waals surface area (Å²) in [6, 6.07) is 31.2. The summed E-state index contributed by atoms with van der Waals surface area (Å²) in [5.41, 5.74) is 5.52. The van der Waals surface area contributed by atoms with Gasteiger partial charge in [0.05, 0.1) is 11.0 Å². The second-order valence-electron chi connectivity index (χ2n) is 7.61. The first-order chi connectivity index (χ1) is 14.7. The number of benzene rings is 4. The number of hydrogen-bond acceptors (Lipinski definition) is 3. The highest BCUT2D eigenvalue weighted by Crippen LogP contribution is 2.53. The fraction of sp³-hybridized carbons (Fsp3) is 0.0385. The second-order valence-corrected chi connectivity index (χ2v) is 7.61. The maximum atomic E-state index is 9.96. The highest BCUT2D eigenvalue weighted by molar-refractivity contribution is 5.87. The van der Waals surface area contributed by atoms with Crippen LogP contribution in [0.1, 0.15) is 16.7 Å². The third kappa shape index (κ3) is 2.08. The van der Waals surface area contributed by atoms with Crippen molar-refractivity contribution >= 4 is 11.0 Å². The number of fused-ring (bicyclic) bond motifs is 5. The summed E-state index contributed by atoms with van der Waals surface area (Å²) in [7, 11) is 0. The quantitative estimate of drug-likeness (QED) is 0.424. The number of rotatable bonds is 2. The molecule has 0 aliphatic carbocycles. The number of aromatic nitrogens is 2. The Morgan fingerprint density at radius 1 is 0.633 bits per heavy atom. The Kier molecular flexibility index (Phi) is 3.36. The van der Waals surface area contributed by atoms with Gasteiger partial charge >= 0.3 is 0 Å². The largest absolute Gasteiger partial charge is 0.508 e. The molecule has 5 aromatic rings. The van der Waals surface area contributed by atoms with Gasteiger partial charge in [-0.1, -0.05) is 60.7 Å². The van der Waals surface area contributed by atoms with Crippen molar-refractivity contribution in [2.45, 2.75) is 5.54 Å². The Bertz CT molecular complexity index is 1350. The molecular weight excluding hydrogens is 372 g/mol. The van der Waals surface area contributed by atoms with Crippen LogP contribution in [0.3, 0.4) is 0 Å². The molecule has 4 heteroatoms. The molecule has 1 aromatic heterocycles. The first kappa shape index (κ1) is 16.9. The van der Waals surface area contributed by atoms with Crippen LogP contribution in [0.4, 0.5) is 0 Å². The number of para-hydroxylation sites is 2. The molecule has 144 valence electrons. The van der Waals surface area contributed by atoms with E-state index in [0.717, 1.165) is 39.1 Å². The number of phenolic OH excluding ortho intramolecular Hbond substituents is 2. The zero-order chi connectivity index (χ0) is 20.3. The first-order valence-corrected chi connectivity index (χ1v) is 9.86. The van der Waals surface area contributed by atoms with Crippen LogP contribution in [0.25, 0.3) is 22.4 Å². The van der Waals surface area contributed by atoms with Gasteiger partial charge in [-0.05, 0) is 53.1 Å². The average Bonchev–Trinajstić information content (AvgIpc) is 3.29. The summed E-state index contributed by atoms with van der Waals surface area (Å²) in [4.78, 5) is 4.98. The third-order valence-electron chi connectivity index (χ3n) is 6.02. The minimum atomic E-state index is -0.677. The van der Waals surface area contributed by atoms with Crippen LogP contribution in [-0.2, 0) is 5.54 Å². The van der Waals surface area contributed by atoms with Crippen LogP contribution in [-0.4, -0.2) is 19.8 Å². The van der Waals surface area contributed by atoms with Crippen LogP contribution in [0, 0.1) is 0 Å². The molecule has 0 amide bonds. The fourth-order valence-electron chi connectivity index (χ4n) is 4.80. The molecule has 0 radical (unpaired) electrons. The molecule has 0 saturated carbocycles. The van der Waals surface area contributed by atoms with E-state index < -0.39 is 5.54 Å². The number of aromatic hydroxyl groups is 2.